The number of primary amides is 1. The van der Waals surface area contributed by atoms with Crippen LogP contribution in [0, 0.1) is 0 Å². The fraction of sp³-hybridized carbons (Fsp3) is 0.263. The monoisotopic (exact) mass is 326 g/mol. The molecule has 0 saturated heterocycles. The van der Waals surface area contributed by atoms with Crippen LogP contribution in [0.2, 0.25) is 0 Å². The van der Waals surface area contributed by atoms with Crippen LogP contribution >= 0.6 is 0 Å². The number of hydrogen-bond donors (Lipinski definition) is 2. The van der Waals surface area contributed by atoms with Crippen LogP contribution in [0.3, 0.4) is 0 Å². The Bertz CT molecular complexity index is 712. The summed E-state index contributed by atoms with van der Waals surface area (Å²) in [5.41, 5.74) is 6.47. The molecule has 5 nitrogen and oxygen atoms in total. The molecular weight excluding hydrogens is 304 g/mol. The van der Waals surface area contributed by atoms with Gasteiger partial charge in [-0.25, -0.2) is 0 Å². The van der Waals surface area contributed by atoms with Crippen molar-refractivity contribution in [3.8, 4) is 0 Å². The minimum Gasteiger partial charge on any atom is -0.374 e. The summed E-state index contributed by atoms with van der Waals surface area (Å²) < 4.78 is 5.69. The minimum atomic E-state index is -0.560. The van der Waals surface area contributed by atoms with E-state index in [0.29, 0.717) is 24.3 Å². The summed E-state index contributed by atoms with van der Waals surface area (Å²) in [4.78, 5) is 23.6. The van der Waals surface area contributed by atoms with Crippen LogP contribution in [0.4, 0.5) is 0 Å². The van der Waals surface area contributed by atoms with Gasteiger partial charge in [-0.2, -0.15) is 0 Å². The molecule has 0 aromatic heterocycles. The van der Waals surface area contributed by atoms with E-state index in [1.807, 2.05) is 44.2 Å². The van der Waals surface area contributed by atoms with E-state index in [1.165, 1.54) is 6.07 Å². The van der Waals surface area contributed by atoms with Gasteiger partial charge in [-0.15, -0.1) is 0 Å². The summed E-state index contributed by atoms with van der Waals surface area (Å²) in [5.74, 6) is -0.832. The topological polar surface area (TPSA) is 81.4 Å². The number of ether oxygens (including phenoxy) is 1. The molecule has 0 bridgehead atoms. The molecule has 24 heavy (non-hydrogen) atoms. The van der Waals surface area contributed by atoms with Crippen LogP contribution in [0.15, 0.2) is 54.6 Å². The molecule has 5 heteroatoms. The molecule has 0 aliphatic rings. The third-order valence-corrected chi connectivity index (χ3v) is 3.44. The standard InChI is InChI=1S/C19H22N2O3/c1-19(2,13-24-12-14-7-4-3-5-8-14)21-18(23)16-10-6-9-15(11-16)17(20)22/h3-11H,12-13H2,1-2H3,(H2,20,22)(H,21,23). The molecule has 0 unspecified atom stereocenters. The molecule has 2 aromatic rings. The second-order valence-electron chi connectivity index (χ2n) is 6.26. The quantitative estimate of drug-likeness (QED) is 0.820. The highest BCUT2D eigenvalue weighted by Gasteiger charge is 2.22. The molecule has 2 aromatic carbocycles. The maximum absolute atomic E-state index is 12.3. The molecule has 0 heterocycles. The SMILES string of the molecule is CC(C)(COCc1ccccc1)NC(=O)c1cccc(C(N)=O)c1. The number of hydrogen-bond acceptors (Lipinski definition) is 3. The lowest BCUT2D eigenvalue weighted by Crippen LogP contribution is -2.47. The Morgan fingerprint density at radius 2 is 1.71 bits per heavy atom. The number of rotatable bonds is 7. The lowest BCUT2D eigenvalue weighted by atomic mass is 10.0. The molecule has 0 radical (unpaired) electrons. The third kappa shape index (κ3) is 5.21. The molecule has 0 aliphatic heterocycles. The summed E-state index contributed by atoms with van der Waals surface area (Å²) in [6, 6.07) is 16.2. The lowest BCUT2D eigenvalue weighted by molar-refractivity contribution is 0.0617. The largest absolute Gasteiger partial charge is 0.374 e. The van der Waals surface area contributed by atoms with Gasteiger partial charge in [0.15, 0.2) is 0 Å². The Hall–Kier alpha value is -2.66. The molecule has 2 amide bonds. The van der Waals surface area contributed by atoms with Crippen molar-refractivity contribution < 1.29 is 14.3 Å². The first kappa shape index (κ1) is 17.7. The van der Waals surface area contributed by atoms with Gasteiger partial charge in [-0.1, -0.05) is 36.4 Å². The summed E-state index contributed by atoms with van der Waals surface area (Å²) in [6.07, 6.45) is 0. The fourth-order valence-corrected chi connectivity index (χ4v) is 2.23. The van der Waals surface area contributed by atoms with E-state index in [9.17, 15) is 9.59 Å². The number of amides is 2. The molecule has 0 saturated carbocycles. The van der Waals surface area contributed by atoms with Crippen molar-refractivity contribution >= 4 is 11.8 Å². The summed E-state index contributed by atoms with van der Waals surface area (Å²) in [5, 5.41) is 2.91. The van der Waals surface area contributed by atoms with Crippen molar-refractivity contribution in [1.29, 1.82) is 0 Å². The zero-order valence-electron chi connectivity index (χ0n) is 13.9. The Balaban J connectivity index is 1.91. The fourth-order valence-electron chi connectivity index (χ4n) is 2.23. The van der Waals surface area contributed by atoms with Crippen LogP contribution in [0.25, 0.3) is 0 Å². The smallest absolute Gasteiger partial charge is 0.251 e. The maximum Gasteiger partial charge on any atom is 0.251 e. The maximum atomic E-state index is 12.3. The predicted molar refractivity (Wildman–Crippen MR) is 92.6 cm³/mol. The number of carbonyl (C=O) groups is 2. The molecule has 0 aliphatic carbocycles. The van der Waals surface area contributed by atoms with Crippen LogP contribution in [-0.4, -0.2) is 24.0 Å². The zero-order chi connectivity index (χ0) is 17.6. The molecular formula is C19H22N2O3. The van der Waals surface area contributed by atoms with Gasteiger partial charge in [-0.05, 0) is 37.6 Å². The average molecular weight is 326 g/mol. The van der Waals surface area contributed by atoms with Crippen molar-refractivity contribution in [3.05, 3.63) is 71.3 Å². The molecule has 126 valence electrons. The first-order chi connectivity index (χ1) is 11.4. The van der Waals surface area contributed by atoms with E-state index in [2.05, 4.69) is 5.32 Å². The van der Waals surface area contributed by atoms with Gasteiger partial charge < -0.3 is 15.8 Å². The van der Waals surface area contributed by atoms with Crippen LogP contribution in [0.1, 0.15) is 40.1 Å². The minimum absolute atomic E-state index is 0.272. The van der Waals surface area contributed by atoms with E-state index in [-0.39, 0.29) is 5.91 Å². The van der Waals surface area contributed by atoms with E-state index >= 15 is 0 Å². The van der Waals surface area contributed by atoms with Crippen LogP contribution in [-0.2, 0) is 11.3 Å². The van der Waals surface area contributed by atoms with Gasteiger partial charge in [0.05, 0.1) is 18.8 Å². The van der Waals surface area contributed by atoms with Crippen molar-refractivity contribution in [2.75, 3.05) is 6.61 Å². The van der Waals surface area contributed by atoms with Gasteiger partial charge >= 0.3 is 0 Å². The van der Waals surface area contributed by atoms with E-state index in [0.717, 1.165) is 5.56 Å². The summed E-state index contributed by atoms with van der Waals surface area (Å²) >= 11 is 0. The van der Waals surface area contributed by atoms with E-state index in [4.69, 9.17) is 10.5 Å². The van der Waals surface area contributed by atoms with Crippen molar-refractivity contribution in [2.24, 2.45) is 5.73 Å². The molecule has 2 rings (SSSR count). The highest BCUT2D eigenvalue weighted by molar-refractivity contribution is 5.99. The number of nitrogens with two attached hydrogens (primary N) is 1. The Morgan fingerprint density at radius 3 is 2.38 bits per heavy atom. The molecule has 0 atom stereocenters. The second-order valence-corrected chi connectivity index (χ2v) is 6.26. The second kappa shape index (κ2) is 7.75. The normalized spacial score (nSPS) is 11.1. The number of carbonyl (C=O) groups excluding carboxylic acids is 2. The summed E-state index contributed by atoms with van der Waals surface area (Å²) in [7, 11) is 0. The van der Waals surface area contributed by atoms with Crippen molar-refractivity contribution in [3.63, 3.8) is 0 Å². The highest BCUT2D eigenvalue weighted by Crippen LogP contribution is 2.10. The molecule has 0 fully saturated rings. The third-order valence-electron chi connectivity index (χ3n) is 3.44. The Morgan fingerprint density at radius 1 is 1.04 bits per heavy atom. The van der Waals surface area contributed by atoms with Crippen molar-refractivity contribution in [2.45, 2.75) is 26.0 Å². The van der Waals surface area contributed by atoms with Gasteiger partial charge in [0.1, 0.15) is 0 Å². The predicted octanol–water partition coefficient (Wildman–Crippen LogP) is 2.51. The number of nitrogens with one attached hydrogen (secondary N) is 1. The van der Waals surface area contributed by atoms with E-state index < -0.39 is 11.4 Å². The van der Waals surface area contributed by atoms with Crippen LogP contribution < -0.4 is 11.1 Å². The van der Waals surface area contributed by atoms with Gasteiger partial charge in [0, 0.05) is 11.1 Å². The van der Waals surface area contributed by atoms with Gasteiger partial charge in [-0.3, -0.25) is 9.59 Å². The lowest BCUT2D eigenvalue weighted by Gasteiger charge is -2.26. The highest BCUT2D eigenvalue weighted by atomic mass is 16.5. The first-order valence-corrected chi connectivity index (χ1v) is 7.71. The first-order valence-electron chi connectivity index (χ1n) is 7.71. The zero-order valence-corrected chi connectivity index (χ0v) is 13.9. The molecule has 0 spiro atoms. The summed E-state index contributed by atoms with van der Waals surface area (Å²) in [6.45, 7) is 4.61. The van der Waals surface area contributed by atoms with Gasteiger partial charge in [0.2, 0.25) is 5.91 Å². The molecule has 3 N–H and O–H groups in total. The van der Waals surface area contributed by atoms with E-state index in [1.54, 1.807) is 18.2 Å². The average Bonchev–Trinajstić information content (AvgIpc) is 2.55. The Kier molecular flexibility index (Phi) is 5.71. The Labute approximate surface area is 141 Å². The van der Waals surface area contributed by atoms with Gasteiger partial charge in [0.25, 0.3) is 5.91 Å². The van der Waals surface area contributed by atoms with Crippen molar-refractivity contribution in [1.82, 2.24) is 5.32 Å². The number of benzene rings is 2. The van der Waals surface area contributed by atoms with Crippen LogP contribution in [0.5, 0.6) is 0 Å².